The zero-order valence-corrected chi connectivity index (χ0v) is 9.29. The van der Waals surface area contributed by atoms with E-state index in [-0.39, 0.29) is 12.1 Å². The van der Waals surface area contributed by atoms with Crippen LogP contribution in [0, 0.1) is 0 Å². The van der Waals surface area contributed by atoms with Gasteiger partial charge in [0.15, 0.2) is 0 Å². The van der Waals surface area contributed by atoms with Crippen molar-refractivity contribution in [3.8, 4) is 0 Å². The van der Waals surface area contributed by atoms with Crippen LogP contribution in [0.3, 0.4) is 0 Å². The number of carbonyl (C=O) groups excluding carboxylic acids is 1. The largest absolute Gasteiger partial charge is 0.416 e. The second-order valence-corrected chi connectivity index (χ2v) is 4.18. The molecule has 1 saturated carbocycles. The lowest BCUT2D eigenvalue weighted by molar-refractivity contribution is -0.137. The molecular formula is C11H12F3N3O. The maximum atomic E-state index is 12.3. The number of anilines is 1. The third-order valence-electron chi connectivity index (χ3n) is 2.63. The highest BCUT2D eigenvalue weighted by molar-refractivity contribution is 5.89. The number of carbonyl (C=O) groups is 1. The minimum atomic E-state index is -4.37. The molecule has 0 spiro atoms. The van der Waals surface area contributed by atoms with E-state index in [9.17, 15) is 18.0 Å². The zero-order valence-electron chi connectivity index (χ0n) is 9.29. The van der Waals surface area contributed by atoms with Gasteiger partial charge in [0.2, 0.25) is 0 Å². The molecule has 0 saturated heterocycles. The molecule has 1 aromatic carbocycles. The number of rotatable bonds is 2. The van der Waals surface area contributed by atoms with Crippen molar-refractivity contribution in [3.05, 3.63) is 29.8 Å². The van der Waals surface area contributed by atoms with Gasteiger partial charge in [-0.25, -0.2) is 4.79 Å². The number of benzene rings is 1. The van der Waals surface area contributed by atoms with Crippen LogP contribution in [0.5, 0.6) is 0 Å². The van der Waals surface area contributed by atoms with Crippen molar-refractivity contribution in [1.82, 2.24) is 5.32 Å². The predicted molar refractivity (Wildman–Crippen MR) is 60.0 cm³/mol. The molecule has 1 aliphatic rings. The van der Waals surface area contributed by atoms with Crippen LogP contribution in [0.4, 0.5) is 23.7 Å². The first-order chi connectivity index (χ1) is 8.36. The fourth-order valence-electron chi connectivity index (χ4n) is 1.46. The van der Waals surface area contributed by atoms with E-state index >= 15 is 0 Å². The maximum absolute atomic E-state index is 12.3. The van der Waals surface area contributed by atoms with Crippen molar-refractivity contribution in [2.75, 3.05) is 5.32 Å². The van der Waals surface area contributed by atoms with Crippen LogP contribution in [-0.4, -0.2) is 18.1 Å². The van der Waals surface area contributed by atoms with Crippen LogP contribution in [0.15, 0.2) is 24.3 Å². The first kappa shape index (κ1) is 12.7. The molecule has 0 heterocycles. The van der Waals surface area contributed by atoms with Gasteiger partial charge in [-0.05, 0) is 30.7 Å². The Kier molecular flexibility index (Phi) is 3.16. The molecule has 7 heteroatoms. The van der Waals surface area contributed by atoms with Gasteiger partial charge in [-0.2, -0.15) is 13.2 Å². The summed E-state index contributed by atoms with van der Waals surface area (Å²) < 4.78 is 36.9. The monoisotopic (exact) mass is 259 g/mol. The number of nitrogens with one attached hydrogen (secondary N) is 2. The smallest absolute Gasteiger partial charge is 0.334 e. The number of nitrogens with two attached hydrogens (primary N) is 1. The van der Waals surface area contributed by atoms with Crippen molar-refractivity contribution in [3.63, 3.8) is 0 Å². The van der Waals surface area contributed by atoms with Crippen molar-refractivity contribution < 1.29 is 18.0 Å². The molecule has 2 rings (SSSR count). The second-order valence-electron chi connectivity index (χ2n) is 4.18. The molecule has 18 heavy (non-hydrogen) atoms. The fraction of sp³-hybridized carbons (Fsp3) is 0.364. The van der Waals surface area contributed by atoms with Crippen LogP contribution in [0.25, 0.3) is 0 Å². The van der Waals surface area contributed by atoms with E-state index in [1.54, 1.807) is 0 Å². The summed E-state index contributed by atoms with van der Waals surface area (Å²) in [5, 5.41) is 5.04. The van der Waals surface area contributed by atoms with Crippen LogP contribution < -0.4 is 16.4 Å². The van der Waals surface area contributed by atoms with Crippen LogP contribution in [-0.2, 0) is 6.18 Å². The number of alkyl halides is 3. The highest BCUT2D eigenvalue weighted by Crippen LogP contribution is 2.29. The Morgan fingerprint density at radius 1 is 1.28 bits per heavy atom. The van der Waals surface area contributed by atoms with Gasteiger partial charge in [-0.15, -0.1) is 0 Å². The SMILES string of the molecule is NC1CC1NC(=O)Nc1ccc(C(F)(F)F)cc1. The van der Waals surface area contributed by atoms with Crippen molar-refractivity contribution >= 4 is 11.7 Å². The Bertz CT molecular complexity index is 444. The maximum Gasteiger partial charge on any atom is 0.416 e. The highest BCUT2D eigenvalue weighted by atomic mass is 19.4. The van der Waals surface area contributed by atoms with Crippen molar-refractivity contribution in [2.24, 2.45) is 5.73 Å². The predicted octanol–water partition coefficient (Wildman–Crippen LogP) is 1.93. The van der Waals surface area contributed by atoms with Gasteiger partial charge < -0.3 is 16.4 Å². The van der Waals surface area contributed by atoms with Gasteiger partial charge in [-0.3, -0.25) is 0 Å². The van der Waals surface area contributed by atoms with Gasteiger partial charge in [0, 0.05) is 17.8 Å². The lowest BCUT2D eigenvalue weighted by Gasteiger charge is -2.09. The minimum absolute atomic E-state index is 0.0247. The van der Waals surface area contributed by atoms with E-state index in [1.807, 2.05) is 0 Å². The van der Waals surface area contributed by atoms with E-state index in [0.29, 0.717) is 5.69 Å². The molecular weight excluding hydrogens is 247 g/mol. The summed E-state index contributed by atoms with van der Waals surface area (Å²) in [5.41, 5.74) is 5.06. The Morgan fingerprint density at radius 3 is 2.28 bits per heavy atom. The molecule has 2 atom stereocenters. The molecule has 2 unspecified atom stereocenters. The first-order valence-corrected chi connectivity index (χ1v) is 5.36. The summed E-state index contributed by atoms with van der Waals surface area (Å²) in [6, 6.07) is 3.71. The van der Waals surface area contributed by atoms with E-state index in [0.717, 1.165) is 18.6 Å². The number of hydrogen-bond acceptors (Lipinski definition) is 2. The zero-order chi connectivity index (χ0) is 13.3. The second kappa shape index (κ2) is 4.49. The Balaban J connectivity index is 1.91. The average molecular weight is 259 g/mol. The molecule has 0 bridgehead atoms. The summed E-state index contributed by atoms with van der Waals surface area (Å²) >= 11 is 0. The Morgan fingerprint density at radius 2 is 1.83 bits per heavy atom. The third kappa shape index (κ3) is 3.13. The molecule has 1 fully saturated rings. The number of amides is 2. The quantitative estimate of drug-likeness (QED) is 0.759. The molecule has 98 valence electrons. The van der Waals surface area contributed by atoms with Crippen LogP contribution in [0.1, 0.15) is 12.0 Å². The molecule has 4 N–H and O–H groups in total. The summed E-state index contributed by atoms with van der Waals surface area (Å²) in [5.74, 6) is 0. The van der Waals surface area contributed by atoms with Gasteiger partial charge in [0.05, 0.1) is 5.56 Å². The molecule has 0 aromatic heterocycles. The van der Waals surface area contributed by atoms with Gasteiger partial charge in [-0.1, -0.05) is 0 Å². The van der Waals surface area contributed by atoms with E-state index in [4.69, 9.17) is 5.73 Å². The van der Waals surface area contributed by atoms with E-state index < -0.39 is 17.8 Å². The standard InChI is InChI=1S/C11H12F3N3O/c12-11(13,14)6-1-3-7(4-2-6)16-10(18)17-9-5-8(9)15/h1-4,8-9H,5,15H2,(H2,16,17,18). The molecule has 0 aliphatic heterocycles. The van der Waals surface area contributed by atoms with Gasteiger partial charge in [0.1, 0.15) is 0 Å². The lowest BCUT2D eigenvalue weighted by atomic mass is 10.2. The average Bonchev–Trinajstić information content (AvgIpc) is 2.93. The van der Waals surface area contributed by atoms with Crippen molar-refractivity contribution in [2.45, 2.75) is 24.7 Å². The van der Waals surface area contributed by atoms with Crippen LogP contribution in [0.2, 0.25) is 0 Å². The topological polar surface area (TPSA) is 67.1 Å². The van der Waals surface area contributed by atoms with Gasteiger partial charge in [0.25, 0.3) is 0 Å². The Hall–Kier alpha value is -1.76. The number of urea groups is 1. The Labute approximate surface area is 101 Å². The summed E-state index contributed by atoms with van der Waals surface area (Å²) in [7, 11) is 0. The number of hydrogen-bond donors (Lipinski definition) is 3. The summed E-state index contributed by atoms with van der Waals surface area (Å²) in [4.78, 5) is 11.4. The molecule has 1 aromatic rings. The van der Waals surface area contributed by atoms with Crippen molar-refractivity contribution in [1.29, 1.82) is 0 Å². The highest BCUT2D eigenvalue weighted by Gasteiger charge is 2.34. The van der Waals surface area contributed by atoms with E-state index in [2.05, 4.69) is 10.6 Å². The van der Waals surface area contributed by atoms with Gasteiger partial charge >= 0.3 is 12.2 Å². The molecule has 2 amide bonds. The summed E-state index contributed by atoms with van der Waals surface area (Å²) in [6.45, 7) is 0. The molecule has 0 radical (unpaired) electrons. The summed E-state index contributed by atoms with van der Waals surface area (Å²) in [6.07, 6.45) is -3.65. The first-order valence-electron chi connectivity index (χ1n) is 5.36. The minimum Gasteiger partial charge on any atom is -0.334 e. The van der Waals surface area contributed by atoms with Crippen LogP contribution >= 0.6 is 0 Å². The van der Waals surface area contributed by atoms with E-state index in [1.165, 1.54) is 12.1 Å². The normalized spacial score (nSPS) is 22.4. The number of halogens is 3. The fourth-order valence-corrected chi connectivity index (χ4v) is 1.46. The third-order valence-corrected chi connectivity index (χ3v) is 2.63. The molecule has 1 aliphatic carbocycles. The molecule has 4 nitrogen and oxygen atoms in total. The lowest BCUT2D eigenvalue weighted by Crippen LogP contribution is -2.33.